The van der Waals surface area contributed by atoms with Gasteiger partial charge in [0.1, 0.15) is 9.88 Å². The molecule has 2 rings (SSSR count). The van der Waals surface area contributed by atoms with Crippen molar-refractivity contribution in [2.45, 2.75) is 13.5 Å². The maximum absolute atomic E-state index is 12.1. The number of halogens is 1. The number of carbonyl (C=O) groups excluding carboxylic acids is 2. The molecule has 0 saturated carbocycles. The Morgan fingerprint density at radius 3 is 2.35 bits per heavy atom. The molecule has 0 aliphatic heterocycles. The van der Waals surface area contributed by atoms with Crippen molar-refractivity contribution in [1.82, 2.24) is 5.32 Å². The van der Waals surface area contributed by atoms with E-state index in [4.69, 9.17) is 33.3 Å². The molecule has 0 atom stereocenters. The summed E-state index contributed by atoms with van der Waals surface area (Å²) in [5, 5.41) is 7.37. The second-order valence-corrected chi connectivity index (χ2v) is 7.04. The third-order valence-electron chi connectivity index (χ3n) is 3.50. The van der Waals surface area contributed by atoms with Gasteiger partial charge in [0.15, 0.2) is 5.11 Å². The number of methoxy groups -OCH3 is 2. The molecule has 0 saturated heterocycles. The molecule has 0 spiro atoms. The Morgan fingerprint density at radius 1 is 1.15 bits per heavy atom. The highest BCUT2D eigenvalue weighted by atomic mass is 35.5. The summed E-state index contributed by atoms with van der Waals surface area (Å²) in [4.78, 5) is 24.3. The molecule has 138 valence electrons. The van der Waals surface area contributed by atoms with Crippen LogP contribution in [-0.4, -0.2) is 31.3 Å². The molecular formula is C17H17ClN2O4S2. The zero-order valence-electron chi connectivity index (χ0n) is 14.3. The molecule has 1 aromatic heterocycles. The standard InChI is InChI=1S/C17H17ClN2O4S2/c1-9-12(15(21)23-2)14(26-13(9)16(22)24-3)20-17(25)19-8-10-4-6-11(18)7-5-10/h4-7H,8H2,1-3H3,(H2,19,20,25). The van der Waals surface area contributed by atoms with Crippen LogP contribution in [0.4, 0.5) is 5.00 Å². The van der Waals surface area contributed by atoms with E-state index in [1.807, 2.05) is 12.1 Å². The van der Waals surface area contributed by atoms with Gasteiger partial charge in [-0.3, -0.25) is 0 Å². The van der Waals surface area contributed by atoms with Crippen molar-refractivity contribution in [3.8, 4) is 0 Å². The maximum atomic E-state index is 12.1. The van der Waals surface area contributed by atoms with Crippen molar-refractivity contribution in [2.75, 3.05) is 19.5 Å². The summed E-state index contributed by atoms with van der Waals surface area (Å²) in [5.74, 6) is -1.08. The average molecular weight is 413 g/mol. The number of benzene rings is 1. The zero-order valence-corrected chi connectivity index (χ0v) is 16.7. The van der Waals surface area contributed by atoms with E-state index in [9.17, 15) is 9.59 Å². The molecule has 9 heteroatoms. The van der Waals surface area contributed by atoms with Crippen LogP contribution in [0.2, 0.25) is 5.02 Å². The SMILES string of the molecule is COC(=O)c1sc(NC(=S)NCc2ccc(Cl)cc2)c(C(=O)OC)c1C. The minimum absolute atomic E-state index is 0.258. The number of esters is 2. The summed E-state index contributed by atoms with van der Waals surface area (Å²) in [6, 6.07) is 7.33. The molecule has 0 radical (unpaired) electrons. The number of nitrogens with one attached hydrogen (secondary N) is 2. The van der Waals surface area contributed by atoms with Gasteiger partial charge in [0, 0.05) is 11.6 Å². The molecule has 0 aliphatic carbocycles. The third-order valence-corrected chi connectivity index (χ3v) is 5.19. The number of hydrogen-bond donors (Lipinski definition) is 2. The molecule has 6 nitrogen and oxygen atoms in total. The second kappa shape index (κ2) is 8.98. The van der Waals surface area contributed by atoms with Gasteiger partial charge < -0.3 is 20.1 Å². The van der Waals surface area contributed by atoms with Crippen LogP contribution in [0.25, 0.3) is 0 Å². The maximum Gasteiger partial charge on any atom is 0.348 e. The molecule has 2 aromatic rings. The van der Waals surface area contributed by atoms with Crippen molar-refractivity contribution in [3.63, 3.8) is 0 Å². The molecule has 2 N–H and O–H groups in total. The van der Waals surface area contributed by atoms with Crippen LogP contribution in [0.15, 0.2) is 24.3 Å². The Bertz CT molecular complexity index is 834. The Morgan fingerprint density at radius 2 is 1.77 bits per heavy atom. The Balaban J connectivity index is 2.16. The van der Waals surface area contributed by atoms with Gasteiger partial charge in [-0.25, -0.2) is 9.59 Å². The number of thiocarbonyl (C=S) groups is 1. The van der Waals surface area contributed by atoms with Crippen LogP contribution >= 0.6 is 35.2 Å². The fourth-order valence-electron chi connectivity index (χ4n) is 2.17. The lowest BCUT2D eigenvalue weighted by molar-refractivity contribution is 0.0601. The summed E-state index contributed by atoms with van der Waals surface area (Å²) in [6.07, 6.45) is 0. The van der Waals surface area contributed by atoms with E-state index >= 15 is 0 Å². The van der Waals surface area contributed by atoms with Crippen molar-refractivity contribution < 1.29 is 19.1 Å². The van der Waals surface area contributed by atoms with Crippen molar-refractivity contribution in [3.05, 3.63) is 50.9 Å². The van der Waals surface area contributed by atoms with E-state index < -0.39 is 11.9 Å². The highest BCUT2D eigenvalue weighted by Crippen LogP contribution is 2.34. The molecule has 0 bridgehead atoms. The summed E-state index contributed by atoms with van der Waals surface area (Å²) >= 11 is 12.2. The average Bonchev–Trinajstić information content (AvgIpc) is 2.96. The number of thiophene rings is 1. The highest BCUT2D eigenvalue weighted by molar-refractivity contribution is 7.80. The molecular weight excluding hydrogens is 396 g/mol. The Hall–Kier alpha value is -2.16. The highest BCUT2D eigenvalue weighted by Gasteiger charge is 2.26. The lowest BCUT2D eigenvalue weighted by Gasteiger charge is -2.11. The first-order valence-corrected chi connectivity index (χ1v) is 9.07. The van der Waals surface area contributed by atoms with Crippen molar-refractivity contribution >= 4 is 57.2 Å². The van der Waals surface area contributed by atoms with E-state index in [0.29, 0.717) is 32.1 Å². The van der Waals surface area contributed by atoms with Gasteiger partial charge in [0.05, 0.1) is 19.8 Å². The van der Waals surface area contributed by atoms with Crippen LogP contribution < -0.4 is 10.6 Å². The predicted octanol–water partition coefficient (Wildman–Crippen LogP) is 3.77. The van der Waals surface area contributed by atoms with Gasteiger partial charge in [-0.05, 0) is 42.4 Å². The predicted molar refractivity (Wildman–Crippen MR) is 106 cm³/mol. The molecule has 0 unspecified atom stereocenters. The van der Waals surface area contributed by atoms with Crippen LogP contribution in [-0.2, 0) is 16.0 Å². The van der Waals surface area contributed by atoms with Crippen LogP contribution in [0, 0.1) is 6.92 Å². The van der Waals surface area contributed by atoms with E-state index in [0.717, 1.165) is 16.9 Å². The fraction of sp³-hybridized carbons (Fsp3) is 0.235. The number of ether oxygens (including phenoxy) is 2. The molecule has 0 fully saturated rings. The van der Waals surface area contributed by atoms with Crippen LogP contribution in [0.3, 0.4) is 0 Å². The molecule has 26 heavy (non-hydrogen) atoms. The minimum Gasteiger partial charge on any atom is -0.465 e. The van der Waals surface area contributed by atoms with Gasteiger partial charge >= 0.3 is 11.9 Å². The molecule has 0 aliphatic rings. The van der Waals surface area contributed by atoms with Crippen molar-refractivity contribution in [2.24, 2.45) is 0 Å². The number of rotatable bonds is 5. The number of carbonyl (C=O) groups is 2. The minimum atomic E-state index is -0.558. The van der Waals surface area contributed by atoms with Gasteiger partial charge in [-0.1, -0.05) is 23.7 Å². The summed E-state index contributed by atoms with van der Waals surface area (Å²) in [6.45, 7) is 2.13. The molecule has 0 amide bonds. The number of anilines is 1. The van der Waals surface area contributed by atoms with Crippen LogP contribution in [0.1, 0.15) is 31.2 Å². The molecule has 1 aromatic carbocycles. The lowest BCUT2D eigenvalue weighted by atomic mass is 10.1. The van der Waals surface area contributed by atoms with Gasteiger partial charge in [0.25, 0.3) is 0 Å². The first-order valence-electron chi connectivity index (χ1n) is 7.46. The van der Waals surface area contributed by atoms with E-state index in [-0.39, 0.29) is 5.56 Å². The first kappa shape index (κ1) is 20.2. The number of hydrogen-bond acceptors (Lipinski definition) is 6. The van der Waals surface area contributed by atoms with E-state index in [1.54, 1.807) is 19.1 Å². The lowest BCUT2D eigenvalue weighted by Crippen LogP contribution is -2.28. The van der Waals surface area contributed by atoms with Gasteiger partial charge in [0.2, 0.25) is 0 Å². The summed E-state index contributed by atoms with van der Waals surface area (Å²) in [5.41, 5.74) is 1.73. The largest absolute Gasteiger partial charge is 0.465 e. The fourth-order valence-corrected chi connectivity index (χ4v) is 3.65. The quantitative estimate of drug-likeness (QED) is 0.571. The Kier molecular flexibility index (Phi) is 6.96. The van der Waals surface area contributed by atoms with Crippen LogP contribution in [0.5, 0.6) is 0 Å². The summed E-state index contributed by atoms with van der Waals surface area (Å²) < 4.78 is 9.56. The Labute approximate surface area is 165 Å². The third kappa shape index (κ3) is 4.72. The van der Waals surface area contributed by atoms with Gasteiger partial charge in [-0.15, -0.1) is 11.3 Å². The van der Waals surface area contributed by atoms with Crippen molar-refractivity contribution in [1.29, 1.82) is 0 Å². The van der Waals surface area contributed by atoms with E-state index in [1.165, 1.54) is 14.2 Å². The zero-order chi connectivity index (χ0) is 19.3. The topological polar surface area (TPSA) is 76.7 Å². The monoisotopic (exact) mass is 412 g/mol. The molecule has 1 heterocycles. The normalized spacial score (nSPS) is 10.2. The second-order valence-electron chi connectivity index (χ2n) is 5.18. The van der Waals surface area contributed by atoms with Gasteiger partial charge in [-0.2, -0.15) is 0 Å². The summed E-state index contributed by atoms with van der Waals surface area (Å²) in [7, 11) is 2.56. The first-order chi connectivity index (χ1) is 12.4. The smallest absolute Gasteiger partial charge is 0.348 e. The van der Waals surface area contributed by atoms with E-state index in [2.05, 4.69) is 10.6 Å².